The third-order valence-corrected chi connectivity index (χ3v) is 4.69. The summed E-state index contributed by atoms with van der Waals surface area (Å²) in [6, 6.07) is 14.0. The minimum atomic E-state index is -0.00608. The number of carbonyl (C=O) groups is 1. The van der Waals surface area contributed by atoms with Crippen molar-refractivity contribution in [3.63, 3.8) is 0 Å². The van der Waals surface area contributed by atoms with Crippen LogP contribution in [0.1, 0.15) is 36.0 Å². The van der Waals surface area contributed by atoms with E-state index in [-0.39, 0.29) is 5.91 Å². The monoisotopic (exact) mass is 298 g/mol. The second kappa shape index (κ2) is 6.76. The molecule has 1 aliphatic carbocycles. The quantitative estimate of drug-likeness (QED) is 0.930. The van der Waals surface area contributed by atoms with Crippen molar-refractivity contribution in [2.45, 2.75) is 41.6 Å². The number of amides is 1. The third-order valence-electron chi connectivity index (χ3n) is 3.66. The highest BCUT2D eigenvalue weighted by molar-refractivity contribution is 7.99. The van der Waals surface area contributed by atoms with E-state index in [4.69, 9.17) is 0 Å². The molecule has 21 heavy (non-hydrogen) atoms. The molecule has 4 heteroatoms. The summed E-state index contributed by atoms with van der Waals surface area (Å²) in [6.45, 7) is 0. The largest absolute Gasteiger partial charge is 0.349 e. The van der Waals surface area contributed by atoms with Gasteiger partial charge in [-0.2, -0.15) is 0 Å². The zero-order chi connectivity index (χ0) is 14.5. The standard InChI is InChI=1S/C17H18N2OS/c20-16(19-13-7-4-5-8-13)15-11-6-12-18-17(15)21-14-9-2-1-3-10-14/h1-3,6,9-13H,4-5,7-8H2,(H,19,20). The normalized spacial score (nSPS) is 15.0. The van der Waals surface area contributed by atoms with E-state index < -0.39 is 0 Å². The molecule has 0 unspecified atom stereocenters. The first-order chi connectivity index (χ1) is 10.3. The van der Waals surface area contributed by atoms with E-state index in [0.717, 1.165) is 22.8 Å². The maximum absolute atomic E-state index is 12.4. The van der Waals surface area contributed by atoms with E-state index in [1.807, 2.05) is 42.5 Å². The molecule has 1 saturated carbocycles. The van der Waals surface area contributed by atoms with Crippen LogP contribution in [0.15, 0.2) is 58.6 Å². The van der Waals surface area contributed by atoms with Crippen molar-refractivity contribution in [3.05, 3.63) is 54.2 Å². The molecule has 108 valence electrons. The number of nitrogens with zero attached hydrogens (tertiary/aromatic N) is 1. The van der Waals surface area contributed by atoms with Crippen LogP contribution in [0.3, 0.4) is 0 Å². The molecule has 0 bridgehead atoms. The van der Waals surface area contributed by atoms with Gasteiger partial charge in [-0.05, 0) is 37.1 Å². The molecule has 1 aromatic heterocycles. The Morgan fingerprint density at radius 1 is 1.10 bits per heavy atom. The van der Waals surface area contributed by atoms with Crippen LogP contribution in [-0.2, 0) is 0 Å². The van der Waals surface area contributed by atoms with E-state index in [1.54, 1.807) is 6.20 Å². The van der Waals surface area contributed by atoms with Gasteiger partial charge >= 0.3 is 0 Å². The lowest BCUT2D eigenvalue weighted by molar-refractivity contribution is 0.0934. The molecular weight excluding hydrogens is 280 g/mol. The Kier molecular flexibility index (Phi) is 4.55. The minimum Gasteiger partial charge on any atom is -0.349 e. The highest BCUT2D eigenvalue weighted by Crippen LogP contribution is 2.28. The summed E-state index contributed by atoms with van der Waals surface area (Å²) in [5, 5.41) is 3.89. The molecule has 1 aromatic carbocycles. The maximum Gasteiger partial charge on any atom is 0.254 e. The van der Waals surface area contributed by atoms with Gasteiger partial charge in [0.15, 0.2) is 0 Å². The summed E-state index contributed by atoms with van der Waals surface area (Å²) >= 11 is 1.53. The molecule has 0 aliphatic heterocycles. The van der Waals surface area contributed by atoms with Crippen LogP contribution in [0.4, 0.5) is 0 Å². The summed E-state index contributed by atoms with van der Waals surface area (Å²) in [7, 11) is 0. The number of pyridine rings is 1. The van der Waals surface area contributed by atoms with Gasteiger partial charge in [-0.15, -0.1) is 0 Å². The van der Waals surface area contributed by atoms with Gasteiger partial charge in [0.05, 0.1) is 5.56 Å². The average Bonchev–Trinajstić information content (AvgIpc) is 3.02. The van der Waals surface area contributed by atoms with Gasteiger partial charge in [0.25, 0.3) is 5.91 Å². The van der Waals surface area contributed by atoms with Crippen molar-refractivity contribution < 1.29 is 4.79 Å². The van der Waals surface area contributed by atoms with Crippen LogP contribution in [0, 0.1) is 0 Å². The Bertz CT molecular complexity index is 609. The minimum absolute atomic E-state index is 0.00608. The SMILES string of the molecule is O=C(NC1CCCC1)c1cccnc1Sc1ccccc1. The predicted octanol–water partition coefficient (Wildman–Crippen LogP) is 3.91. The lowest BCUT2D eigenvalue weighted by Crippen LogP contribution is -2.33. The number of carbonyl (C=O) groups excluding carboxylic acids is 1. The van der Waals surface area contributed by atoms with E-state index in [0.29, 0.717) is 11.6 Å². The van der Waals surface area contributed by atoms with Gasteiger partial charge in [-0.3, -0.25) is 4.79 Å². The Morgan fingerprint density at radius 3 is 2.62 bits per heavy atom. The zero-order valence-electron chi connectivity index (χ0n) is 11.8. The van der Waals surface area contributed by atoms with Crippen molar-refractivity contribution in [3.8, 4) is 0 Å². The zero-order valence-corrected chi connectivity index (χ0v) is 12.6. The molecule has 3 nitrogen and oxygen atoms in total. The predicted molar refractivity (Wildman–Crippen MR) is 84.5 cm³/mol. The first kappa shape index (κ1) is 14.1. The highest BCUT2D eigenvalue weighted by Gasteiger charge is 2.20. The van der Waals surface area contributed by atoms with Crippen LogP contribution < -0.4 is 5.32 Å². The topological polar surface area (TPSA) is 42.0 Å². The molecule has 2 aromatic rings. The molecule has 0 spiro atoms. The molecule has 1 heterocycles. The van der Waals surface area contributed by atoms with Crippen LogP contribution >= 0.6 is 11.8 Å². The molecule has 3 rings (SSSR count). The summed E-state index contributed by atoms with van der Waals surface area (Å²) in [5.74, 6) is -0.00608. The number of aromatic nitrogens is 1. The van der Waals surface area contributed by atoms with Crippen LogP contribution in [0.5, 0.6) is 0 Å². The van der Waals surface area contributed by atoms with Gasteiger partial charge < -0.3 is 5.32 Å². The van der Waals surface area contributed by atoms with Crippen molar-refractivity contribution in [1.29, 1.82) is 0 Å². The summed E-state index contributed by atoms with van der Waals surface area (Å²) in [6.07, 6.45) is 6.34. The number of rotatable bonds is 4. The van der Waals surface area contributed by atoms with Crippen LogP contribution in [-0.4, -0.2) is 16.9 Å². The van der Waals surface area contributed by atoms with Crippen LogP contribution in [0.2, 0.25) is 0 Å². The first-order valence-corrected chi connectivity index (χ1v) is 8.13. The van der Waals surface area contributed by atoms with E-state index in [1.165, 1.54) is 24.6 Å². The fourth-order valence-electron chi connectivity index (χ4n) is 2.58. The second-order valence-electron chi connectivity index (χ2n) is 5.23. The van der Waals surface area contributed by atoms with Gasteiger partial charge in [0, 0.05) is 17.1 Å². The lowest BCUT2D eigenvalue weighted by Gasteiger charge is -2.13. The second-order valence-corrected chi connectivity index (χ2v) is 6.29. The van der Waals surface area contributed by atoms with E-state index in [2.05, 4.69) is 10.3 Å². The number of benzene rings is 1. The summed E-state index contributed by atoms with van der Waals surface area (Å²) < 4.78 is 0. The maximum atomic E-state index is 12.4. The molecule has 0 radical (unpaired) electrons. The molecule has 1 amide bonds. The Morgan fingerprint density at radius 2 is 1.86 bits per heavy atom. The summed E-state index contributed by atoms with van der Waals surface area (Å²) in [5.41, 5.74) is 0.665. The van der Waals surface area contributed by atoms with Crippen LogP contribution in [0.25, 0.3) is 0 Å². The Labute approximate surface area is 129 Å². The number of hydrogen-bond donors (Lipinski definition) is 1. The van der Waals surface area contributed by atoms with E-state index >= 15 is 0 Å². The Balaban J connectivity index is 1.77. The Hall–Kier alpha value is -1.81. The number of nitrogens with one attached hydrogen (secondary N) is 1. The van der Waals surface area contributed by atoms with Gasteiger partial charge in [-0.1, -0.05) is 42.8 Å². The smallest absolute Gasteiger partial charge is 0.254 e. The van der Waals surface area contributed by atoms with Crippen molar-refractivity contribution in [1.82, 2.24) is 10.3 Å². The molecule has 1 aliphatic rings. The van der Waals surface area contributed by atoms with Gasteiger partial charge in [0.1, 0.15) is 5.03 Å². The highest BCUT2D eigenvalue weighted by atomic mass is 32.2. The van der Waals surface area contributed by atoms with E-state index in [9.17, 15) is 4.79 Å². The molecule has 0 saturated heterocycles. The number of hydrogen-bond acceptors (Lipinski definition) is 3. The van der Waals surface area contributed by atoms with Crippen molar-refractivity contribution >= 4 is 17.7 Å². The lowest BCUT2D eigenvalue weighted by atomic mass is 10.2. The first-order valence-electron chi connectivity index (χ1n) is 7.32. The third kappa shape index (κ3) is 3.64. The van der Waals surface area contributed by atoms with Crippen molar-refractivity contribution in [2.75, 3.05) is 0 Å². The molecular formula is C17H18N2OS. The van der Waals surface area contributed by atoms with Crippen molar-refractivity contribution in [2.24, 2.45) is 0 Å². The fourth-order valence-corrected chi connectivity index (χ4v) is 3.48. The summed E-state index contributed by atoms with van der Waals surface area (Å²) in [4.78, 5) is 17.9. The average molecular weight is 298 g/mol. The molecule has 0 atom stereocenters. The van der Waals surface area contributed by atoms with Gasteiger partial charge in [0.2, 0.25) is 0 Å². The molecule has 1 fully saturated rings. The van der Waals surface area contributed by atoms with Gasteiger partial charge in [-0.25, -0.2) is 4.98 Å². The molecule has 1 N–H and O–H groups in total. The fraction of sp³-hybridized carbons (Fsp3) is 0.294.